The first-order valence-electron chi connectivity index (χ1n) is 13.9. The third-order valence-electron chi connectivity index (χ3n) is 7.07. The number of nitrogens with one attached hydrogen (secondary N) is 2. The number of pyridine rings is 1. The van der Waals surface area contributed by atoms with Gasteiger partial charge in [-0.15, -0.1) is 0 Å². The smallest absolute Gasteiger partial charge is 0.116 e. The molecule has 0 aliphatic heterocycles. The second kappa shape index (κ2) is 13.9. The van der Waals surface area contributed by atoms with Crippen molar-refractivity contribution in [3.63, 3.8) is 0 Å². The van der Waals surface area contributed by atoms with Gasteiger partial charge in [-0.05, 0) is 80.2 Å². The number of benzene rings is 1. The lowest BCUT2D eigenvalue weighted by Gasteiger charge is -2.08. The topological polar surface area (TPSA) is 57.4 Å². The molecule has 41 heavy (non-hydrogen) atoms. The zero-order valence-electron chi connectivity index (χ0n) is 24.2. The lowest BCUT2D eigenvalue weighted by Crippen LogP contribution is -2.22. The summed E-state index contributed by atoms with van der Waals surface area (Å²) in [5.74, 6) is 0. The Kier molecular flexibility index (Phi) is 9.85. The van der Waals surface area contributed by atoms with E-state index in [4.69, 9.17) is 0 Å². The molecule has 3 aromatic heterocycles. The van der Waals surface area contributed by atoms with Gasteiger partial charge >= 0.3 is 0 Å². The largest absolute Gasteiger partial charge is 0.357 e. The van der Waals surface area contributed by atoms with Crippen molar-refractivity contribution in [3.05, 3.63) is 160 Å². The van der Waals surface area contributed by atoms with Crippen LogP contribution in [0.1, 0.15) is 42.8 Å². The maximum absolute atomic E-state index is 4.65. The van der Waals surface area contributed by atoms with Crippen molar-refractivity contribution in [2.75, 3.05) is 0 Å². The van der Waals surface area contributed by atoms with E-state index < -0.39 is 0 Å². The molecule has 0 spiro atoms. The Hall–Kier alpha value is -4.96. The molecule has 4 heteroatoms. The van der Waals surface area contributed by atoms with Crippen LogP contribution in [0.4, 0.5) is 0 Å². The van der Waals surface area contributed by atoms with E-state index in [2.05, 4.69) is 115 Å². The van der Waals surface area contributed by atoms with Crippen molar-refractivity contribution in [1.29, 1.82) is 0 Å². The van der Waals surface area contributed by atoms with Crippen molar-refractivity contribution in [2.24, 2.45) is 0 Å². The van der Waals surface area contributed by atoms with Gasteiger partial charge in [-0.1, -0.05) is 92.6 Å². The Labute approximate surface area is 243 Å². The van der Waals surface area contributed by atoms with Crippen LogP contribution in [0.25, 0.3) is 29.6 Å². The number of aromatic nitrogens is 4. The van der Waals surface area contributed by atoms with E-state index in [9.17, 15) is 0 Å². The fourth-order valence-corrected chi connectivity index (χ4v) is 4.85. The Morgan fingerprint density at radius 2 is 1.73 bits per heavy atom. The van der Waals surface area contributed by atoms with E-state index in [-0.39, 0.29) is 0 Å². The average Bonchev–Trinajstić information content (AvgIpc) is 3.57. The van der Waals surface area contributed by atoms with Crippen LogP contribution in [0.3, 0.4) is 0 Å². The molecule has 0 radical (unpaired) electrons. The molecule has 0 aliphatic rings. The molecule has 0 aliphatic carbocycles. The third-order valence-corrected chi connectivity index (χ3v) is 7.07. The first kappa shape index (κ1) is 29.0. The van der Waals surface area contributed by atoms with E-state index in [1.165, 1.54) is 11.1 Å². The lowest BCUT2D eigenvalue weighted by atomic mass is 9.97. The van der Waals surface area contributed by atoms with Gasteiger partial charge in [0.05, 0.1) is 16.7 Å². The monoisotopic (exact) mass is 538 g/mol. The van der Waals surface area contributed by atoms with Gasteiger partial charge in [0, 0.05) is 28.2 Å². The first-order valence-corrected chi connectivity index (χ1v) is 13.9. The van der Waals surface area contributed by atoms with Crippen molar-refractivity contribution in [3.8, 4) is 11.4 Å². The van der Waals surface area contributed by atoms with Crippen LogP contribution < -0.4 is 10.6 Å². The summed E-state index contributed by atoms with van der Waals surface area (Å²) in [5, 5.41) is 9.44. The molecule has 4 rings (SSSR count). The van der Waals surface area contributed by atoms with E-state index >= 15 is 0 Å². The van der Waals surface area contributed by atoms with Crippen LogP contribution in [0.2, 0.25) is 0 Å². The summed E-state index contributed by atoms with van der Waals surface area (Å²) in [7, 11) is 0. The van der Waals surface area contributed by atoms with Crippen molar-refractivity contribution >= 4 is 18.2 Å². The minimum Gasteiger partial charge on any atom is -0.357 e. The number of H-pyrrole nitrogens is 2. The van der Waals surface area contributed by atoms with Crippen LogP contribution in [0.5, 0.6) is 0 Å². The number of rotatable bonds is 11. The number of allylic oxidation sites excluding steroid dienone is 9. The molecule has 0 atom stereocenters. The van der Waals surface area contributed by atoms with Crippen molar-refractivity contribution in [2.45, 2.75) is 33.6 Å². The van der Waals surface area contributed by atoms with Gasteiger partial charge in [0.2, 0.25) is 0 Å². The SMILES string of the molecule is C=C/C=C(/c1ccccn1)c1cc(-c2n[nH]c(=C)\c2=C/C(=C\C)C(/C=C(\C=C)CCc2ccccc2)=C/C)[nH]c1C. The molecule has 0 saturated heterocycles. The predicted molar refractivity (Wildman–Crippen MR) is 174 cm³/mol. The zero-order chi connectivity index (χ0) is 29.2. The van der Waals surface area contributed by atoms with Crippen LogP contribution >= 0.6 is 0 Å². The van der Waals surface area contributed by atoms with Gasteiger partial charge in [0.25, 0.3) is 0 Å². The molecule has 1 aromatic carbocycles. The predicted octanol–water partition coefficient (Wildman–Crippen LogP) is 7.55. The van der Waals surface area contributed by atoms with Crippen LogP contribution in [0, 0.1) is 6.92 Å². The number of hydrogen-bond acceptors (Lipinski definition) is 2. The molecule has 4 aromatic rings. The summed E-state index contributed by atoms with van der Waals surface area (Å²) < 4.78 is 0. The summed E-state index contributed by atoms with van der Waals surface area (Å²) in [6, 6.07) is 18.6. The van der Waals surface area contributed by atoms with Gasteiger partial charge in [0.1, 0.15) is 5.69 Å². The first-order chi connectivity index (χ1) is 20.0. The summed E-state index contributed by atoms with van der Waals surface area (Å²) in [4.78, 5) is 8.10. The molecule has 4 nitrogen and oxygen atoms in total. The molecule has 0 bridgehead atoms. The quantitative estimate of drug-likeness (QED) is 0.194. The van der Waals surface area contributed by atoms with E-state index in [0.29, 0.717) is 0 Å². The van der Waals surface area contributed by atoms with E-state index in [1.807, 2.05) is 36.4 Å². The molecule has 0 fully saturated rings. The molecule has 2 N–H and O–H groups in total. The molecule has 3 heterocycles. The highest BCUT2D eigenvalue weighted by atomic mass is 15.1. The zero-order valence-corrected chi connectivity index (χ0v) is 24.2. The second-order valence-corrected chi connectivity index (χ2v) is 9.76. The summed E-state index contributed by atoms with van der Waals surface area (Å²) in [5.41, 5.74) is 10.4. The number of hydrogen-bond donors (Lipinski definition) is 2. The molecule has 206 valence electrons. The number of nitrogens with zero attached hydrogens (tertiary/aromatic N) is 2. The normalized spacial score (nSPS) is 13.5. The standard InChI is InChI=1S/C37H38N4/c1-7-16-32(35-19-14-15-22-38-35)33-25-36(39-26(33)5)37-34(27(6)40-41-37)24-31(10-4)30(9-3)23-28(8-2)20-21-29-17-12-11-13-18-29/h7-19,22-25,39-40H,1-2,6,20-21H2,3-5H3/b28-23+,30-9+,31-10+,32-16+,34-24+. The molecule has 0 amide bonds. The second-order valence-electron chi connectivity index (χ2n) is 9.76. The van der Waals surface area contributed by atoms with Crippen molar-refractivity contribution < 1.29 is 0 Å². The molecular formula is C37H38N4. The van der Waals surface area contributed by atoms with Crippen LogP contribution in [-0.2, 0) is 6.42 Å². The minimum absolute atomic E-state index is 0.757. The van der Waals surface area contributed by atoms with Gasteiger partial charge in [-0.25, -0.2) is 0 Å². The highest BCUT2D eigenvalue weighted by Crippen LogP contribution is 2.28. The van der Waals surface area contributed by atoms with Crippen molar-refractivity contribution in [1.82, 2.24) is 20.2 Å². The molecular weight excluding hydrogens is 500 g/mol. The molecule has 0 saturated carbocycles. The van der Waals surface area contributed by atoms with Gasteiger partial charge in [-0.3, -0.25) is 10.1 Å². The summed E-state index contributed by atoms with van der Waals surface area (Å²) >= 11 is 0. The fourth-order valence-electron chi connectivity index (χ4n) is 4.85. The Bertz CT molecular complexity index is 1740. The summed E-state index contributed by atoms with van der Waals surface area (Å²) in [6.45, 7) is 18.4. The summed E-state index contributed by atoms with van der Waals surface area (Å²) in [6.07, 6.45) is 18.1. The number of aromatic amines is 2. The van der Waals surface area contributed by atoms with E-state index in [0.717, 1.165) is 68.5 Å². The third kappa shape index (κ3) is 6.98. The minimum atomic E-state index is 0.757. The molecule has 0 unspecified atom stereocenters. The van der Waals surface area contributed by atoms with Crippen LogP contribution in [0.15, 0.2) is 127 Å². The maximum Gasteiger partial charge on any atom is 0.116 e. The highest BCUT2D eigenvalue weighted by Gasteiger charge is 2.15. The Morgan fingerprint density at radius 1 is 0.976 bits per heavy atom. The highest BCUT2D eigenvalue weighted by molar-refractivity contribution is 5.82. The van der Waals surface area contributed by atoms with Gasteiger partial charge in [0.15, 0.2) is 0 Å². The maximum atomic E-state index is 4.65. The Morgan fingerprint density at radius 3 is 2.39 bits per heavy atom. The number of aryl methyl sites for hydroxylation is 2. The van der Waals surface area contributed by atoms with Gasteiger partial charge in [-0.2, -0.15) is 5.10 Å². The van der Waals surface area contributed by atoms with Crippen LogP contribution in [-0.4, -0.2) is 20.2 Å². The lowest BCUT2D eigenvalue weighted by molar-refractivity contribution is 0.964. The van der Waals surface area contributed by atoms with Gasteiger partial charge < -0.3 is 4.98 Å². The fraction of sp³-hybridized carbons (Fsp3) is 0.135. The average molecular weight is 539 g/mol. The van der Waals surface area contributed by atoms with E-state index in [1.54, 1.807) is 12.3 Å². The Balaban J connectivity index is 1.70.